The lowest BCUT2D eigenvalue weighted by Gasteiger charge is -2.38. The number of hydrogen-bond donors (Lipinski definition) is 1. The van der Waals surface area contributed by atoms with Crippen molar-refractivity contribution in [3.05, 3.63) is 35.9 Å². The molecule has 0 fully saturated rings. The molecule has 0 bridgehead atoms. The summed E-state index contributed by atoms with van der Waals surface area (Å²) < 4.78 is 0. The van der Waals surface area contributed by atoms with E-state index in [1.807, 2.05) is 0 Å². The molecule has 0 saturated carbocycles. The van der Waals surface area contributed by atoms with Gasteiger partial charge in [0.2, 0.25) is 0 Å². The standard InChI is InChI=1S/C14H23N/c1-4-13(15)14(5-2,6-3)12-10-8-7-9-11-12/h7-11,13H,4-6,15H2,1-3H3/t13-/m1/s1. The molecule has 0 spiro atoms. The molecule has 0 saturated heterocycles. The smallest absolute Gasteiger partial charge is 0.0133 e. The van der Waals surface area contributed by atoms with Gasteiger partial charge in [-0.05, 0) is 24.8 Å². The number of nitrogens with two attached hydrogens (primary N) is 1. The molecule has 1 nitrogen and oxygen atoms in total. The predicted octanol–water partition coefficient (Wildman–Crippen LogP) is 3.48. The second-order valence-corrected chi connectivity index (χ2v) is 4.24. The van der Waals surface area contributed by atoms with Gasteiger partial charge in [0.05, 0.1) is 0 Å². The largest absolute Gasteiger partial charge is 0.327 e. The van der Waals surface area contributed by atoms with Gasteiger partial charge in [-0.2, -0.15) is 0 Å². The van der Waals surface area contributed by atoms with Crippen LogP contribution in [0.2, 0.25) is 0 Å². The van der Waals surface area contributed by atoms with Gasteiger partial charge >= 0.3 is 0 Å². The Balaban J connectivity index is 3.11. The Hall–Kier alpha value is -0.820. The average molecular weight is 205 g/mol. The maximum Gasteiger partial charge on any atom is 0.0133 e. The minimum absolute atomic E-state index is 0.163. The summed E-state index contributed by atoms with van der Waals surface area (Å²) in [6, 6.07) is 11.0. The quantitative estimate of drug-likeness (QED) is 0.782. The molecule has 2 N–H and O–H groups in total. The van der Waals surface area contributed by atoms with Crippen LogP contribution in [0, 0.1) is 0 Å². The highest BCUT2D eigenvalue weighted by Gasteiger charge is 2.33. The van der Waals surface area contributed by atoms with E-state index in [-0.39, 0.29) is 11.5 Å². The Kier molecular flexibility index (Phi) is 4.34. The molecule has 0 aliphatic carbocycles. The van der Waals surface area contributed by atoms with E-state index >= 15 is 0 Å². The van der Waals surface area contributed by atoms with Crippen molar-refractivity contribution in [3.63, 3.8) is 0 Å². The average Bonchev–Trinajstić information content (AvgIpc) is 2.32. The normalized spacial score (nSPS) is 13.9. The maximum atomic E-state index is 6.31. The van der Waals surface area contributed by atoms with Gasteiger partial charge in [-0.15, -0.1) is 0 Å². The molecule has 0 amide bonds. The van der Waals surface area contributed by atoms with Crippen molar-refractivity contribution in [1.82, 2.24) is 0 Å². The van der Waals surface area contributed by atoms with Crippen LogP contribution in [0.5, 0.6) is 0 Å². The molecule has 0 aliphatic rings. The molecule has 0 heterocycles. The van der Waals surface area contributed by atoms with Crippen LogP contribution in [0.15, 0.2) is 30.3 Å². The van der Waals surface area contributed by atoms with E-state index in [4.69, 9.17) is 5.73 Å². The topological polar surface area (TPSA) is 26.0 Å². The predicted molar refractivity (Wildman–Crippen MR) is 67.0 cm³/mol. The van der Waals surface area contributed by atoms with Crippen molar-refractivity contribution < 1.29 is 0 Å². The van der Waals surface area contributed by atoms with Crippen LogP contribution in [-0.4, -0.2) is 6.04 Å². The van der Waals surface area contributed by atoms with Crippen molar-refractivity contribution in [1.29, 1.82) is 0 Å². The monoisotopic (exact) mass is 205 g/mol. The fourth-order valence-electron chi connectivity index (χ4n) is 2.56. The van der Waals surface area contributed by atoms with Crippen molar-refractivity contribution in [2.24, 2.45) is 5.73 Å². The maximum absolute atomic E-state index is 6.31. The molecule has 1 atom stereocenters. The number of rotatable bonds is 5. The van der Waals surface area contributed by atoms with Crippen LogP contribution >= 0.6 is 0 Å². The summed E-state index contributed by atoms with van der Waals surface area (Å²) in [7, 11) is 0. The summed E-state index contributed by atoms with van der Waals surface area (Å²) >= 11 is 0. The number of benzene rings is 1. The van der Waals surface area contributed by atoms with Gasteiger partial charge in [0.25, 0.3) is 0 Å². The van der Waals surface area contributed by atoms with Crippen LogP contribution in [0.25, 0.3) is 0 Å². The summed E-state index contributed by atoms with van der Waals surface area (Å²) in [5, 5.41) is 0. The van der Waals surface area contributed by atoms with Crippen molar-refractivity contribution in [3.8, 4) is 0 Å². The molecule has 1 heteroatoms. The van der Waals surface area contributed by atoms with E-state index in [0.29, 0.717) is 0 Å². The van der Waals surface area contributed by atoms with Crippen molar-refractivity contribution in [2.45, 2.75) is 51.5 Å². The lowest BCUT2D eigenvalue weighted by atomic mass is 9.69. The van der Waals surface area contributed by atoms with Gasteiger partial charge in [0, 0.05) is 11.5 Å². The summed E-state index contributed by atoms with van der Waals surface area (Å²) in [6.07, 6.45) is 3.27. The first-order valence-electron chi connectivity index (χ1n) is 6.02. The van der Waals surface area contributed by atoms with Crippen molar-refractivity contribution >= 4 is 0 Å². The Morgan fingerprint density at radius 1 is 1.07 bits per heavy atom. The minimum atomic E-state index is 0.163. The molecule has 84 valence electrons. The van der Waals surface area contributed by atoms with E-state index in [0.717, 1.165) is 19.3 Å². The molecular weight excluding hydrogens is 182 g/mol. The molecule has 1 aromatic rings. The van der Waals surface area contributed by atoms with Crippen LogP contribution in [0.1, 0.15) is 45.6 Å². The highest BCUT2D eigenvalue weighted by Crippen LogP contribution is 2.35. The zero-order valence-corrected chi connectivity index (χ0v) is 10.2. The number of hydrogen-bond acceptors (Lipinski definition) is 1. The lowest BCUT2D eigenvalue weighted by molar-refractivity contribution is 0.310. The summed E-state index contributed by atoms with van der Waals surface area (Å²) in [5.74, 6) is 0. The third-order valence-electron chi connectivity index (χ3n) is 3.76. The zero-order valence-electron chi connectivity index (χ0n) is 10.2. The third-order valence-corrected chi connectivity index (χ3v) is 3.76. The zero-order chi connectivity index (χ0) is 11.3. The Morgan fingerprint density at radius 2 is 1.60 bits per heavy atom. The Bertz CT molecular complexity index is 275. The van der Waals surface area contributed by atoms with E-state index < -0.39 is 0 Å². The van der Waals surface area contributed by atoms with Gasteiger partial charge in [-0.25, -0.2) is 0 Å². The molecular formula is C14H23N. The first-order chi connectivity index (χ1) is 7.21. The summed E-state index contributed by atoms with van der Waals surface area (Å²) in [5.41, 5.74) is 7.86. The fourth-order valence-corrected chi connectivity index (χ4v) is 2.56. The molecule has 0 unspecified atom stereocenters. The molecule has 0 aliphatic heterocycles. The highest BCUT2D eigenvalue weighted by molar-refractivity contribution is 5.27. The second-order valence-electron chi connectivity index (χ2n) is 4.24. The third kappa shape index (κ3) is 2.23. The first kappa shape index (κ1) is 12.3. The molecule has 0 radical (unpaired) electrons. The lowest BCUT2D eigenvalue weighted by Crippen LogP contribution is -2.44. The van der Waals surface area contributed by atoms with E-state index in [1.54, 1.807) is 0 Å². The fraction of sp³-hybridized carbons (Fsp3) is 0.571. The molecule has 15 heavy (non-hydrogen) atoms. The van der Waals surface area contributed by atoms with Gasteiger partial charge in [-0.3, -0.25) is 0 Å². The first-order valence-corrected chi connectivity index (χ1v) is 6.02. The Labute approximate surface area is 93.7 Å². The van der Waals surface area contributed by atoms with E-state index in [9.17, 15) is 0 Å². The van der Waals surface area contributed by atoms with Gasteiger partial charge in [0.15, 0.2) is 0 Å². The van der Waals surface area contributed by atoms with Crippen LogP contribution in [-0.2, 0) is 5.41 Å². The van der Waals surface area contributed by atoms with E-state index in [1.165, 1.54) is 5.56 Å². The minimum Gasteiger partial charge on any atom is -0.327 e. The summed E-state index contributed by atoms with van der Waals surface area (Å²) in [4.78, 5) is 0. The van der Waals surface area contributed by atoms with Gasteiger partial charge < -0.3 is 5.73 Å². The van der Waals surface area contributed by atoms with E-state index in [2.05, 4.69) is 51.1 Å². The molecule has 0 aromatic heterocycles. The Morgan fingerprint density at radius 3 is 2.00 bits per heavy atom. The highest BCUT2D eigenvalue weighted by atomic mass is 14.7. The van der Waals surface area contributed by atoms with Gasteiger partial charge in [0.1, 0.15) is 0 Å². The van der Waals surface area contributed by atoms with Crippen molar-refractivity contribution in [2.75, 3.05) is 0 Å². The molecule has 1 aromatic carbocycles. The second kappa shape index (κ2) is 5.32. The van der Waals surface area contributed by atoms with Crippen LogP contribution in [0.3, 0.4) is 0 Å². The van der Waals surface area contributed by atoms with Crippen LogP contribution in [0.4, 0.5) is 0 Å². The summed E-state index contributed by atoms with van der Waals surface area (Å²) in [6.45, 7) is 6.66. The van der Waals surface area contributed by atoms with Gasteiger partial charge in [-0.1, -0.05) is 51.1 Å². The molecule has 1 rings (SSSR count). The SMILES string of the molecule is CC[C@@H](N)C(CC)(CC)c1ccccc1. The van der Waals surface area contributed by atoms with Crippen LogP contribution < -0.4 is 5.73 Å².